The van der Waals surface area contributed by atoms with Crippen LogP contribution in [0.25, 0.3) is 0 Å². The van der Waals surface area contributed by atoms with E-state index in [9.17, 15) is 4.79 Å². The molecule has 2 nitrogen and oxygen atoms in total. The largest absolute Gasteiger partial charge is 0.478 e. The monoisotopic (exact) mass is 124 g/mol. The first-order valence-corrected chi connectivity index (χ1v) is 2.65. The fourth-order valence-electron chi connectivity index (χ4n) is 0.274. The first kappa shape index (κ1) is 7.77. The van der Waals surface area contributed by atoms with Crippen molar-refractivity contribution in [2.75, 3.05) is 0 Å². The van der Waals surface area contributed by atoms with Crippen molar-refractivity contribution < 1.29 is 9.90 Å². The van der Waals surface area contributed by atoms with Crippen molar-refractivity contribution in [2.24, 2.45) is 0 Å². The van der Waals surface area contributed by atoms with Crippen molar-refractivity contribution in [3.05, 3.63) is 12.2 Å². The van der Waals surface area contributed by atoms with Crippen LogP contribution in [0, 0.1) is 11.8 Å². The summed E-state index contributed by atoms with van der Waals surface area (Å²) in [5, 5.41) is 8.06. The summed E-state index contributed by atoms with van der Waals surface area (Å²) >= 11 is 0. The Balaban J connectivity index is 3.59. The summed E-state index contributed by atoms with van der Waals surface area (Å²) in [6.07, 6.45) is 3.10. The van der Waals surface area contributed by atoms with E-state index in [1.165, 1.54) is 6.08 Å². The van der Waals surface area contributed by atoms with Crippen molar-refractivity contribution in [3.8, 4) is 11.8 Å². The standard InChI is InChI=1S/C7H8O2/c1-2-3-4-5-6-7(8)9/h5-6H,2H2,1H3,(H,8,9)/b6-5-. The van der Waals surface area contributed by atoms with Gasteiger partial charge in [-0.1, -0.05) is 18.8 Å². The Bertz CT molecular complexity index is 169. The van der Waals surface area contributed by atoms with Crippen molar-refractivity contribution in [1.82, 2.24) is 0 Å². The molecule has 0 bridgehead atoms. The van der Waals surface area contributed by atoms with E-state index in [1.54, 1.807) is 0 Å². The van der Waals surface area contributed by atoms with Gasteiger partial charge in [0.25, 0.3) is 0 Å². The number of carboxylic acid groups (broad SMARTS) is 1. The molecule has 0 saturated carbocycles. The number of carbonyl (C=O) groups is 1. The molecule has 0 spiro atoms. The highest BCUT2D eigenvalue weighted by atomic mass is 16.4. The van der Waals surface area contributed by atoms with E-state index in [2.05, 4.69) is 11.8 Å². The van der Waals surface area contributed by atoms with E-state index in [-0.39, 0.29) is 0 Å². The molecule has 0 aromatic carbocycles. The van der Waals surface area contributed by atoms with Gasteiger partial charge in [0.15, 0.2) is 0 Å². The van der Waals surface area contributed by atoms with Crippen LogP contribution in [0.3, 0.4) is 0 Å². The molecule has 0 radical (unpaired) electrons. The smallest absolute Gasteiger partial charge is 0.328 e. The molecule has 0 unspecified atom stereocenters. The van der Waals surface area contributed by atoms with Crippen LogP contribution >= 0.6 is 0 Å². The average molecular weight is 124 g/mol. The lowest BCUT2D eigenvalue weighted by molar-refractivity contribution is -0.131. The zero-order chi connectivity index (χ0) is 7.11. The van der Waals surface area contributed by atoms with E-state index >= 15 is 0 Å². The van der Waals surface area contributed by atoms with Crippen LogP contribution in [-0.2, 0) is 4.79 Å². The molecule has 0 saturated heterocycles. The van der Waals surface area contributed by atoms with Gasteiger partial charge in [-0.05, 0) is 6.08 Å². The van der Waals surface area contributed by atoms with Gasteiger partial charge in [-0.3, -0.25) is 0 Å². The zero-order valence-electron chi connectivity index (χ0n) is 5.22. The van der Waals surface area contributed by atoms with Gasteiger partial charge in [0.1, 0.15) is 0 Å². The fraction of sp³-hybridized carbons (Fsp3) is 0.286. The van der Waals surface area contributed by atoms with Gasteiger partial charge >= 0.3 is 5.97 Å². The summed E-state index contributed by atoms with van der Waals surface area (Å²) in [4.78, 5) is 9.81. The van der Waals surface area contributed by atoms with Crippen LogP contribution < -0.4 is 0 Å². The van der Waals surface area contributed by atoms with Gasteiger partial charge < -0.3 is 5.11 Å². The Morgan fingerprint density at radius 2 is 2.44 bits per heavy atom. The van der Waals surface area contributed by atoms with Crippen molar-refractivity contribution in [3.63, 3.8) is 0 Å². The molecule has 0 atom stereocenters. The number of allylic oxidation sites excluding steroid dienone is 1. The number of carboxylic acids is 1. The third-order valence-corrected chi connectivity index (χ3v) is 0.588. The van der Waals surface area contributed by atoms with E-state index in [1.807, 2.05) is 6.92 Å². The van der Waals surface area contributed by atoms with Gasteiger partial charge in [-0.2, -0.15) is 0 Å². The lowest BCUT2D eigenvalue weighted by atomic mass is 10.4. The zero-order valence-corrected chi connectivity index (χ0v) is 5.22. The molecule has 0 aromatic heterocycles. The predicted octanol–water partition coefficient (Wildman–Crippen LogP) is 1.04. The molecule has 0 aliphatic rings. The Morgan fingerprint density at radius 3 is 2.89 bits per heavy atom. The number of aliphatic carboxylic acids is 1. The third kappa shape index (κ3) is 6.77. The molecule has 2 heteroatoms. The van der Waals surface area contributed by atoms with Gasteiger partial charge in [0.2, 0.25) is 0 Å². The van der Waals surface area contributed by atoms with Gasteiger partial charge in [0, 0.05) is 12.5 Å². The highest BCUT2D eigenvalue weighted by Crippen LogP contribution is 1.71. The molecule has 48 valence electrons. The van der Waals surface area contributed by atoms with Gasteiger partial charge in [-0.15, -0.1) is 0 Å². The summed E-state index contributed by atoms with van der Waals surface area (Å²) in [6, 6.07) is 0. The maximum Gasteiger partial charge on any atom is 0.328 e. The number of hydrogen-bond acceptors (Lipinski definition) is 1. The van der Waals surface area contributed by atoms with Crippen molar-refractivity contribution >= 4 is 5.97 Å². The van der Waals surface area contributed by atoms with Gasteiger partial charge in [-0.25, -0.2) is 4.79 Å². The first-order valence-electron chi connectivity index (χ1n) is 2.65. The quantitative estimate of drug-likeness (QED) is 0.419. The lowest BCUT2D eigenvalue weighted by Crippen LogP contribution is -1.84. The fourth-order valence-corrected chi connectivity index (χ4v) is 0.274. The molecule has 0 aliphatic heterocycles. The van der Waals surface area contributed by atoms with Crippen molar-refractivity contribution in [2.45, 2.75) is 13.3 Å². The summed E-state index contributed by atoms with van der Waals surface area (Å²) < 4.78 is 0. The Labute approximate surface area is 54.2 Å². The Kier molecular flexibility index (Phi) is 4.25. The predicted molar refractivity (Wildman–Crippen MR) is 34.8 cm³/mol. The Morgan fingerprint density at radius 1 is 1.78 bits per heavy atom. The minimum atomic E-state index is -0.958. The van der Waals surface area contributed by atoms with E-state index in [0.29, 0.717) is 0 Å². The second-order valence-electron chi connectivity index (χ2n) is 1.35. The molecular formula is C7H8O2. The second kappa shape index (κ2) is 4.92. The summed E-state index contributed by atoms with van der Waals surface area (Å²) in [5.41, 5.74) is 0. The maximum absolute atomic E-state index is 9.81. The topological polar surface area (TPSA) is 37.3 Å². The van der Waals surface area contributed by atoms with Crippen LogP contribution in [0.5, 0.6) is 0 Å². The SMILES string of the molecule is CCC#C/C=C\C(=O)O. The lowest BCUT2D eigenvalue weighted by Gasteiger charge is -1.70. The van der Waals surface area contributed by atoms with Crippen LogP contribution in [0.2, 0.25) is 0 Å². The highest BCUT2D eigenvalue weighted by molar-refractivity contribution is 5.80. The molecule has 0 rings (SSSR count). The average Bonchev–Trinajstić information content (AvgIpc) is 1.80. The van der Waals surface area contributed by atoms with Crippen LogP contribution in [0.1, 0.15) is 13.3 Å². The van der Waals surface area contributed by atoms with E-state index < -0.39 is 5.97 Å². The molecule has 0 aliphatic carbocycles. The summed E-state index contributed by atoms with van der Waals surface area (Å²) in [6.45, 7) is 1.90. The maximum atomic E-state index is 9.81. The van der Waals surface area contributed by atoms with Gasteiger partial charge in [0.05, 0.1) is 0 Å². The van der Waals surface area contributed by atoms with Crippen LogP contribution in [-0.4, -0.2) is 11.1 Å². The minimum absolute atomic E-state index is 0.754. The molecule has 1 N–H and O–H groups in total. The third-order valence-electron chi connectivity index (χ3n) is 0.588. The van der Waals surface area contributed by atoms with Crippen LogP contribution in [0.4, 0.5) is 0 Å². The van der Waals surface area contributed by atoms with E-state index in [0.717, 1.165) is 12.5 Å². The first-order chi connectivity index (χ1) is 4.27. The molecular weight excluding hydrogens is 116 g/mol. The van der Waals surface area contributed by atoms with Crippen LogP contribution in [0.15, 0.2) is 12.2 Å². The highest BCUT2D eigenvalue weighted by Gasteiger charge is 1.78. The normalized spacial score (nSPS) is 8.56. The Hall–Kier alpha value is -1.23. The number of hydrogen-bond donors (Lipinski definition) is 1. The van der Waals surface area contributed by atoms with Crippen molar-refractivity contribution in [1.29, 1.82) is 0 Å². The molecule has 0 heterocycles. The minimum Gasteiger partial charge on any atom is -0.478 e. The van der Waals surface area contributed by atoms with E-state index in [4.69, 9.17) is 5.11 Å². The molecule has 0 fully saturated rings. The summed E-state index contributed by atoms with van der Waals surface area (Å²) in [5.74, 6) is 4.30. The molecule has 9 heavy (non-hydrogen) atoms. The summed E-state index contributed by atoms with van der Waals surface area (Å²) in [7, 11) is 0. The molecule has 0 aromatic rings. The molecule has 0 amide bonds. The second-order valence-corrected chi connectivity index (χ2v) is 1.35. The number of rotatable bonds is 1.